The van der Waals surface area contributed by atoms with E-state index in [4.69, 9.17) is 37.4 Å². The predicted molar refractivity (Wildman–Crippen MR) is 71.7 cm³/mol. The van der Waals surface area contributed by atoms with E-state index in [1.54, 1.807) is 36.4 Å². The van der Waals surface area contributed by atoms with Crippen LogP contribution in [0.1, 0.15) is 2.74 Å². The molecule has 0 amide bonds. The van der Waals surface area contributed by atoms with Crippen LogP contribution >= 0.6 is 23.2 Å². The first-order valence-corrected chi connectivity index (χ1v) is 5.20. The lowest BCUT2D eigenvalue weighted by atomic mass is 10.3. The van der Waals surface area contributed by atoms with Crippen LogP contribution in [-0.4, -0.2) is 0 Å². The molecule has 4 heteroatoms. The molecule has 0 bridgehead atoms. The van der Waals surface area contributed by atoms with Crippen LogP contribution in [-0.2, 0) is 0 Å². The first-order chi connectivity index (χ1) is 8.43. The third-order valence-corrected chi connectivity index (χ3v) is 2.49. The molecule has 0 atom stereocenters. The van der Waals surface area contributed by atoms with Gasteiger partial charge in [0.2, 0.25) is 0 Å². The van der Waals surface area contributed by atoms with Gasteiger partial charge < -0.3 is 11.5 Å². The molecule has 0 saturated carbocycles. The summed E-state index contributed by atoms with van der Waals surface area (Å²) in [4.78, 5) is 0. The third kappa shape index (κ3) is 4.01. The van der Waals surface area contributed by atoms with Crippen molar-refractivity contribution in [2.45, 2.75) is 0 Å². The first kappa shape index (κ1) is 9.82. The Morgan fingerprint density at radius 3 is 2.25 bits per heavy atom. The Bertz CT molecular complexity index is 458. The molecule has 0 spiro atoms. The van der Waals surface area contributed by atoms with Gasteiger partial charge in [0.15, 0.2) is 0 Å². The van der Waals surface area contributed by atoms with Crippen molar-refractivity contribution in [3.63, 3.8) is 0 Å². The van der Waals surface area contributed by atoms with Crippen LogP contribution in [0, 0.1) is 0 Å². The highest BCUT2D eigenvalue weighted by Crippen LogP contribution is 2.26. The van der Waals surface area contributed by atoms with Crippen molar-refractivity contribution in [1.29, 1.82) is 0 Å². The molecule has 4 N–H and O–H groups in total. The number of anilines is 2. The second kappa shape index (κ2) is 6.26. The molecule has 2 rings (SSSR count). The Balaban J connectivity index is 0.000000180. The van der Waals surface area contributed by atoms with E-state index < -0.39 is 0 Å². The maximum Gasteiger partial charge on any atom is 0.0821 e. The SMILES string of the molecule is Nc1cccc(Cl)c1Cl.[2H]c1cccc(N)c1[2H]. The van der Waals surface area contributed by atoms with E-state index in [1.807, 2.05) is 0 Å². The molecule has 0 saturated heterocycles. The third-order valence-electron chi connectivity index (χ3n) is 1.65. The smallest absolute Gasteiger partial charge is 0.0821 e. The van der Waals surface area contributed by atoms with Crippen LogP contribution in [0.25, 0.3) is 0 Å². The molecule has 0 unspecified atom stereocenters. The number of para-hydroxylation sites is 1. The largest absolute Gasteiger partial charge is 0.399 e. The number of halogens is 2. The molecule has 0 heterocycles. The minimum absolute atomic E-state index is 0.109. The average molecular weight is 257 g/mol. The van der Waals surface area contributed by atoms with Gasteiger partial charge in [-0.25, -0.2) is 0 Å². The van der Waals surface area contributed by atoms with Crippen LogP contribution in [0.15, 0.2) is 48.5 Å². The quantitative estimate of drug-likeness (QED) is 0.704. The Morgan fingerprint density at radius 2 is 1.75 bits per heavy atom. The van der Waals surface area contributed by atoms with E-state index in [9.17, 15) is 0 Å². The summed E-state index contributed by atoms with van der Waals surface area (Å²) in [5, 5.41) is 0.927. The van der Waals surface area contributed by atoms with Crippen LogP contribution in [0.2, 0.25) is 10.0 Å². The highest BCUT2D eigenvalue weighted by atomic mass is 35.5. The van der Waals surface area contributed by atoms with Gasteiger partial charge in [-0.2, -0.15) is 0 Å². The summed E-state index contributed by atoms with van der Waals surface area (Å²) in [6.07, 6.45) is 0. The van der Waals surface area contributed by atoms with Gasteiger partial charge in [0.25, 0.3) is 0 Å². The Hall–Kier alpha value is -1.38. The van der Waals surface area contributed by atoms with Crippen molar-refractivity contribution < 1.29 is 2.74 Å². The standard InChI is InChI=1S/C6H5Cl2N.C6H7N/c7-4-2-1-3-5(9)6(4)8;7-6-4-2-1-3-5-6/h1-3H,9H2;1-5H,7H2/i;2D,4D. The van der Waals surface area contributed by atoms with Crippen LogP contribution in [0.4, 0.5) is 11.4 Å². The Kier molecular flexibility index (Phi) is 3.84. The molecule has 0 radical (unpaired) electrons. The minimum atomic E-state index is 0.109. The summed E-state index contributed by atoms with van der Waals surface area (Å²) in [5.41, 5.74) is 11.6. The van der Waals surface area contributed by atoms with Crippen LogP contribution in [0.3, 0.4) is 0 Å². The van der Waals surface area contributed by atoms with Crippen molar-refractivity contribution in [1.82, 2.24) is 0 Å². The molecular weight excluding hydrogens is 243 g/mol. The van der Waals surface area contributed by atoms with Gasteiger partial charge in [0.05, 0.1) is 18.5 Å². The molecule has 84 valence electrons. The van der Waals surface area contributed by atoms with Gasteiger partial charge in [-0.15, -0.1) is 0 Å². The monoisotopic (exact) mass is 256 g/mol. The van der Waals surface area contributed by atoms with Gasteiger partial charge >= 0.3 is 0 Å². The van der Waals surface area contributed by atoms with Crippen molar-refractivity contribution >= 4 is 34.6 Å². The van der Waals surface area contributed by atoms with Gasteiger partial charge in [-0.05, 0) is 24.2 Å². The maximum absolute atomic E-state index is 7.13. The Morgan fingerprint density at radius 1 is 1.00 bits per heavy atom. The van der Waals surface area contributed by atoms with E-state index in [2.05, 4.69) is 0 Å². The number of hydrogen-bond donors (Lipinski definition) is 2. The lowest BCUT2D eigenvalue weighted by molar-refractivity contribution is 1.68. The van der Waals surface area contributed by atoms with E-state index >= 15 is 0 Å². The molecule has 16 heavy (non-hydrogen) atoms. The summed E-state index contributed by atoms with van der Waals surface area (Å²) >= 11 is 11.2. The van der Waals surface area contributed by atoms with Crippen LogP contribution < -0.4 is 11.5 Å². The normalized spacial score (nSPS) is 10.9. The molecule has 0 aliphatic carbocycles. The number of benzene rings is 2. The summed E-state index contributed by atoms with van der Waals surface area (Å²) in [6.45, 7) is 0. The lowest BCUT2D eigenvalue weighted by Crippen LogP contribution is -1.84. The van der Waals surface area contributed by atoms with Gasteiger partial charge in [0, 0.05) is 5.69 Å². The average Bonchev–Trinajstić information content (AvgIpc) is 2.34. The van der Waals surface area contributed by atoms with E-state index in [1.165, 1.54) is 0 Å². The fourth-order valence-electron chi connectivity index (χ4n) is 0.887. The highest BCUT2D eigenvalue weighted by Gasteiger charge is 1.97. The maximum atomic E-state index is 7.13. The number of hydrogen-bond acceptors (Lipinski definition) is 2. The molecule has 2 nitrogen and oxygen atoms in total. The second-order valence-electron chi connectivity index (χ2n) is 2.89. The molecule has 2 aromatic rings. The van der Waals surface area contributed by atoms with Crippen molar-refractivity contribution in [2.75, 3.05) is 11.5 Å². The zero-order chi connectivity index (χ0) is 13.7. The van der Waals surface area contributed by atoms with Gasteiger partial charge in [-0.3, -0.25) is 0 Å². The van der Waals surface area contributed by atoms with E-state index in [0.717, 1.165) is 0 Å². The fraction of sp³-hybridized carbons (Fsp3) is 0. The molecule has 0 fully saturated rings. The lowest BCUT2D eigenvalue weighted by Gasteiger charge is -1.96. The minimum Gasteiger partial charge on any atom is -0.399 e. The Labute approximate surface area is 108 Å². The summed E-state index contributed by atoms with van der Waals surface area (Å²) < 4.78 is 14.2. The second-order valence-corrected chi connectivity index (χ2v) is 3.68. The molecule has 0 aliphatic rings. The number of nitrogens with two attached hydrogens (primary N) is 2. The fourth-order valence-corrected chi connectivity index (χ4v) is 1.19. The zero-order valence-electron chi connectivity index (χ0n) is 10.4. The van der Waals surface area contributed by atoms with Crippen molar-refractivity contribution in [2.24, 2.45) is 0 Å². The summed E-state index contributed by atoms with van der Waals surface area (Å²) in [7, 11) is 0. The van der Waals surface area contributed by atoms with Crippen LogP contribution in [0.5, 0.6) is 0 Å². The van der Waals surface area contributed by atoms with E-state index in [-0.39, 0.29) is 12.1 Å². The zero-order valence-corrected chi connectivity index (χ0v) is 9.89. The van der Waals surface area contributed by atoms with Gasteiger partial charge in [0.1, 0.15) is 0 Å². The van der Waals surface area contributed by atoms with Crippen molar-refractivity contribution in [3.05, 3.63) is 58.5 Å². The highest BCUT2D eigenvalue weighted by molar-refractivity contribution is 6.43. The van der Waals surface area contributed by atoms with Crippen molar-refractivity contribution in [3.8, 4) is 0 Å². The summed E-state index contributed by atoms with van der Waals surface area (Å²) in [6, 6.07) is 10.2. The first-order valence-electron chi connectivity index (χ1n) is 5.44. The van der Waals surface area contributed by atoms with Gasteiger partial charge in [-0.1, -0.05) is 47.4 Å². The molecule has 0 aromatic heterocycles. The molecule has 2 aromatic carbocycles. The number of nitrogen functional groups attached to an aromatic ring is 2. The summed E-state index contributed by atoms with van der Waals surface area (Å²) in [5.74, 6) is 0. The number of rotatable bonds is 0. The molecular formula is C12H12Cl2N2. The van der Waals surface area contributed by atoms with E-state index in [0.29, 0.717) is 21.4 Å². The predicted octanol–water partition coefficient (Wildman–Crippen LogP) is 3.84. The topological polar surface area (TPSA) is 52.0 Å². The molecule has 0 aliphatic heterocycles.